The van der Waals surface area contributed by atoms with Crippen molar-refractivity contribution in [1.29, 1.82) is 0 Å². The largest absolute Gasteiger partial charge is 0.489 e. The normalized spacial score (nSPS) is 14.5. The van der Waals surface area contributed by atoms with E-state index in [0.29, 0.717) is 16.9 Å². The van der Waals surface area contributed by atoms with Crippen molar-refractivity contribution in [2.45, 2.75) is 6.61 Å². The topological polar surface area (TPSA) is 47.9 Å². The van der Waals surface area contributed by atoms with Gasteiger partial charge in [-0.05, 0) is 53.6 Å². The number of rotatable bonds is 5. The molecule has 0 aromatic heterocycles. The highest BCUT2D eigenvalue weighted by atomic mass is 35.5. The zero-order chi connectivity index (χ0) is 22.0. The highest BCUT2D eigenvalue weighted by Gasteiger charge is 2.26. The van der Waals surface area contributed by atoms with Crippen LogP contribution >= 0.6 is 11.6 Å². The molecule has 0 N–H and O–H groups in total. The van der Waals surface area contributed by atoms with E-state index in [1.165, 1.54) is 18.2 Å². The van der Waals surface area contributed by atoms with Crippen LogP contribution in [0.1, 0.15) is 16.7 Å². The van der Waals surface area contributed by atoms with E-state index in [4.69, 9.17) is 21.1 Å². The zero-order valence-corrected chi connectivity index (χ0v) is 16.5. The molecule has 0 atom stereocenters. The minimum absolute atomic E-state index is 0.0375. The maximum absolute atomic E-state index is 13.5. The van der Waals surface area contributed by atoms with Gasteiger partial charge in [-0.1, -0.05) is 35.9 Å². The number of cyclic esters (lactones) is 1. The first-order valence-corrected chi connectivity index (χ1v) is 9.41. The van der Waals surface area contributed by atoms with Crippen molar-refractivity contribution < 1.29 is 27.4 Å². The number of hydrogen-bond acceptors (Lipinski definition) is 4. The summed E-state index contributed by atoms with van der Waals surface area (Å²) in [6.07, 6.45) is 1.46. The second-order valence-corrected chi connectivity index (χ2v) is 6.98. The Bertz CT molecular complexity index is 1240. The van der Waals surface area contributed by atoms with Crippen LogP contribution in [0.2, 0.25) is 5.02 Å². The number of hydrogen-bond donors (Lipinski definition) is 0. The summed E-state index contributed by atoms with van der Waals surface area (Å²) < 4.78 is 50.8. The van der Waals surface area contributed by atoms with E-state index in [0.717, 1.165) is 12.1 Å². The van der Waals surface area contributed by atoms with Crippen LogP contribution in [-0.4, -0.2) is 11.9 Å². The smallest absolute Gasteiger partial charge is 0.363 e. The summed E-state index contributed by atoms with van der Waals surface area (Å²) in [6.45, 7) is 0.163. The number of carbonyl (C=O) groups excluding carboxylic acids is 1. The third-order valence-electron chi connectivity index (χ3n) is 4.32. The number of carbonyl (C=O) groups is 1. The Kier molecular flexibility index (Phi) is 5.77. The highest BCUT2D eigenvalue weighted by molar-refractivity contribution is 6.34. The molecule has 3 aromatic rings. The second kappa shape index (κ2) is 8.65. The van der Waals surface area contributed by atoms with Crippen molar-refractivity contribution >= 4 is 29.5 Å². The molecular weight excluding hydrogens is 431 g/mol. The summed E-state index contributed by atoms with van der Waals surface area (Å²) in [7, 11) is 0. The lowest BCUT2D eigenvalue weighted by Gasteiger charge is -2.07. The Hall–Kier alpha value is -3.58. The van der Waals surface area contributed by atoms with E-state index in [-0.39, 0.29) is 34.6 Å². The molecule has 3 aromatic carbocycles. The molecule has 0 saturated heterocycles. The quantitative estimate of drug-likeness (QED) is 0.289. The molecule has 0 radical (unpaired) electrons. The molecule has 4 rings (SSSR count). The van der Waals surface area contributed by atoms with E-state index in [1.54, 1.807) is 36.4 Å². The van der Waals surface area contributed by atoms with Gasteiger partial charge >= 0.3 is 5.97 Å². The van der Waals surface area contributed by atoms with Gasteiger partial charge in [-0.3, -0.25) is 0 Å². The third-order valence-corrected chi connectivity index (χ3v) is 4.63. The summed E-state index contributed by atoms with van der Waals surface area (Å²) >= 11 is 5.91. The first-order chi connectivity index (χ1) is 14.9. The molecule has 1 aliphatic heterocycles. The minimum Gasteiger partial charge on any atom is -0.489 e. The Morgan fingerprint density at radius 1 is 1.00 bits per heavy atom. The van der Waals surface area contributed by atoms with Crippen molar-refractivity contribution in [1.82, 2.24) is 0 Å². The predicted octanol–water partition coefficient (Wildman–Crippen LogP) is 5.68. The molecule has 8 heteroatoms. The second-order valence-electron chi connectivity index (χ2n) is 6.57. The summed E-state index contributed by atoms with van der Waals surface area (Å²) in [5, 5.41) is -0.139. The van der Waals surface area contributed by atoms with Gasteiger partial charge in [0.15, 0.2) is 17.3 Å². The minimum atomic E-state index is -1.14. The molecular formula is C23H13ClF3NO3. The van der Waals surface area contributed by atoms with E-state index >= 15 is 0 Å². The first-order valence-electron chi connectivity index (χ1n) is 9.04. The van der Waals surface area contributed by atoms with Crippen molar-refractivity contribution in [3.63, 3.8) is 0 Å². The van der Waals surface area contributed by atoms with Crippen LogP contribution in [0, 0.1) is 17.5 Å². The van der Waals surface area contributed by atoms with Crippen molar-refractivity contribution in [3.05, 3.63) is 106 Å². The number of halogens is 4. The fourth-order valence-electron chi connectivity index (χ4n) is 2.86. The molecule has 1 heterocycles. The van der Waals surface area contributed by atoms with Gasteiger partial charge in [0.25, 0.3) is 0 Å². The first kappa shape index (κ1) is 20.7. The Balaban J connectivity index is 1.55. The molecule has 0 amide bonds. The number of nitrogens with zero attached hydrogens (tertiary/aromatic N) is 1. The molecule has 0 unspecified atom stereocenters. The summed E-state index contributed by atoms with van der Waals surface area (Å²) in [5.41, 5.74) is 1.17. The van der Waals surface area contributed by atoms with Gasteiger partial charge in [-0.25, -0.2) is 23.0 Å². The third kappa shape index (κ3) is 4.78. The maximum atomic E-state index is 13.5. The molecule has 31 heavy (non-hydrogen) atoms. The van der Waals surface area contributed by atoms with Gasteiger partial charge in [0, 0.05) is 0 Å². The standard InChI is InChI=1S/C23H13ClF3NO3/c24-18-11-20(27)19(26)10-17(18)22-28-21(23(29)31-22)9-13-3-2-6-16(8-13)30-12-14-4-1-5-15(25)7-14/h1-11H,12H2/b21-9+. The molecule has 1 aliphatic rings. The highest BCUT2D eigenvalue weighted by Crippen LogP contribution is 2.26. The van der Waals surface area contributed by atoms with Crippen LogP contribution in [0.3, 0.4) is 0 Å². The monoisotopic (exact) mass is 443 g/mol. The molecule has 0 fully saturated rings. The fraction of sp³-hybridized carbons (Fsp3) is 0.0435. The van der Waals surface area contributed by atoms with E-state index in [9.17, 15) is 18.0 Å². The van der Waals surface area contributed by atoms with Crippen LogP contribution in [0.25, 0.3) is 6.08 Å². The fourth-order valence-corrected chi connectivity index (χ4v) is 3.09. The van der Waals surface area contributed by atoms with Crippen LogP contribution in [0.15, 0.2) is 71.4 Å². The number of ether oxygens (including phenoxy) is 2. The van der Waals surface area contributed by atoms with E-state index < -0.39 is 17.6 Å². The molecule has 4 nitrogen and oxygen atoms in total. The predicted molar refractivity (Wildman–Crippen MR) is 109 cm³/mol. The van der Waals surface area contributed by atoms with Crippen LogP contribution in [0.5, 0.6) is 5.75 Å². The maximum Gasteiger partial charge on any atom is 0.363 e. The van der Waals surface area contributed by atoms with Crippen LogP contribution in [0.4, 0.5) is 13.2 Å². The van der Waals surface area contributed by atoms with Gasteiger partial charge in [0.2, 0.25) is 5.90 Å². The summed E-state index contributed by atoms with van der Waals surface area (Å²) in [6, 6.07) is 14.5. The van der Waals surface area contributed by atoms with Gasteiger partial charge < -0.3 is 9.47 Å². The van der Waals surface area contributed by atoms with Crippen LogP contribution in [-0.2, 0) is 16.1 Å². The van der Waals surface area contributed by atoms with Crippen molar-refractivity contribution in [2.75, 3.05) is 0 Å². The van der Waals surface area contributed by atoms with Gasteiger partial charge in [0.05, 0.1) is 10.6 Å². The number of benzene rings is 3. The van der Waals surface area contributed by atoms with Gasteiger partial charge in [0.1, 0.15) is 18.2 Å². The molecule has 0 saturated carbocycles. The zero-order valence-electron chi connectivity index (χ0n) is 15.7. The average Bonchev–Trinajstić information content (AvgIpc) is 3.09. The van der Waals surface area contributed by atoms with Gasteiger partial charge in [-0.2, -0.15) is 0 Å². The lowest BCUT2D eigenvalue weighted by atomic mass is 10.2. The average molecular weight is 444 g/mol. The Morgan fingerprint density at radius 3 is 2.58 bits per heavy atom. The van der Waals surface area contributed by atoms with Crippen molar-refractivity contribution in [2.24, 2.45) is 4.99 Å². The number of aliphatic imine (C=N–C) groups is 1. The van der Waals surface area contributed by atoms with E-state index in [1.807, 2.05) is 0 Å². The van der Waals surface area contributed by atoms with E-state index in [2.05, 4.69) is 4.99 Å². The Labute approximate surface area is 180 Å². The molecule has 156 valence electrons. The molecule has 0 aliphatic carbocycles. The SMILES string of the molecule is O=C1OC(c2cc(F)c(F)cc2Cl)=N/C1=C/c1cccc(OCc2cccc(F)c2)c1. The summed E-state index contributed by atoms with van der Waals surface area (Å²) in [5.74, 6) is -3.10. The molecule has 0 spiro atoms. The lowest BCUT2D eigenvalue weighted by molar-refractivity contribution is -0.129. The summed E-state index contributed by atoms with van der Waals surface area (Å²) in [4.78, 5) is 16.2. The van der Waals surface area contributed by atoms with Gasteiger partial charge in [-0.15, -0.1) is 0 Å². The Morgan fingerprint density at radius 2 is 1.77 bits per heavy atom. The van der Waals surface area contributed by atoms with Crippen LogP contribution < -0.4 is 4.74 Å². The number of esters is 1. The molecule has 0 bridgehead atoms. The van der Waals surface area contributed by atoms with Crippen molar-refractivity contribution in [3.8, 4) is 5.75 Å². The lowest BCUT2D eigenvalue weighted by Crippen LogP contribution is -2.07.